The van der Waals surface area contributed by atoms with Crippen molar-refractivity contribution in [1.82, 2.24) is 5.32 Å². The van der Waals surface area contributed by atoms with Gasteiger partial charge in [0.2, 0.25) is 0 Å². The first kappa shape index (κ1) is 16.0. The summed E-state index contributed by atoms with van der Waals surface area (Å²) >= 11 is 0. The summed E-state index contributed by atoms with van der Waals surface area (Å²) in [5.41, 5.74) is 0. The zero-order chi connectivity index (χ0) is 13.2. The molecule has 0 aromatic rings. The minimum Gasteiger partial charge on any atom is -0.381 e. The molecule has 108 valence electrons. The van der Waals surface area contributed by atoms with E-state index in [1.165, 1.54) is 44.9 Å². The van der Waals surface area contributed by atoms with Gasteiger partial charge in [0.25, 0.3) is 0 Å². The molecule has 0 bridgehead atoms. The third kappa shape index (κ3) is 5.27. The van der Waals surface area contributed by atoms with Crippen molar-refractivity contribution in [1.29, 1.82) is 0 Å². The molecule has 1 fully saturated rings. The summed E-state index contributed by atoms with van der Waals surface area (Å²) in [7, 11) is 0. The Hall–Kier alpha value is -0.0800. The average Bonchev–Trinajstić information content (AvgIpc) is 2.41. The summed E-state index contributed by atoms with van der Waals surface area (Å²) in [6.07, 6.45) is 9.18. The lowest BCUT2D eigenvalue weighted by atomic mass is 9.80. The molecule has 1 rings (SSSR count). The highest BCUT2D eigenvalue weighted by molar-refractivity contribution is 4.84. The van der Waals surface area contributed by atoms with Crippen LogP contribution in [0.4, 0.5) is 0 Å². The van der Waals surface area contributed by atoms with Crippen molar-refractivity contribution in [3.63, 3.8) is 0 Å². The van der Waals surface area contributed by atoms with Gasteiger partial charge in [0, 0.05) is 12.6 Å². The Labute approximate surface area is 114 Å². The fourth-order valence-corrected chi connectivity index (χ4v) is 3.32. The van der Waals surface area contributed by atoms with Crippen molar-refractivity contribution in [3.8, 4) is 0 Å². The van der Waals surface area contributed by atoms with Crippen LogP contribution in [-0.2, 0) is 4.74 Å². The van der Waals surface area contributed by atoms with Gasteiger partial charge in [0.05, 0.1) is 6.61 Å². The minimum absolute atomic E-state index is 0.685. The van der Waals surface area contributed by atoms with Crippen LogP contribution in [0.1, 0.15) is 65.7 Å². The van der Waals surface area contributed by atoms with Gasteiger partial charge in [-0.2, -0.15) is 0 Å². The molecule has 1 heterocycles. The van der Waals surface area contributed by atoms with Crippen LogP contribution in [0, 0.1) is 11.8 Å². The van der Waals surface area contributed by atoms with Crippen LogP contribution in [0.25, 0.3) is 0 Å². The molecule has 2 atom stereocenters. The first-order valence-electron chi connectivity index (χ1n) is 8.14. The van der Waals surface area contributed by atoms with E-state index in [9.17, 15) is 0 Å². The Morgan fingerprint density at radius 1 is 1.11 bits per heavy atom. The van der Waals surface area contributed by atoms with Gasteiger partial charge in [-0.15, -0.1) is 0 Å². The zero-order valence-electron chi connectivity index (χ0n) is 12.7. The topological polar surface area (TPSA) is 21.3 Å². The predicted molar refractivity (Wildman–Crippen MR) is 78.9 cm³/mol. The second-order valence-electron chi connectivity index (χ2n) is 5.79. The van der Waals surface area contributed by atoms with Crippen molar-refractivity contribution in [2.45, 2.75) is 71.8 Å². The largest absolute Gasteiger partial charge is 0.381 e. The molecular weight excluding hydrogens is 222 g/mol. The number of rotatable bonds is 9. The molecule has 1 N–H and O–H groups in total. The van der Waals surface area contributed by atoms with Gasteiger partial charge < -0.3 is 10.1 Å². The van der Waals surface area contributed by atoms with Crippen LogP contribution in [0.3, 0.4) is 0 Å². The summed E-state index contributed by atoms with van der Waals surface area (Å²) in [5.74, 6) is 1.59. The summed E-state index contributed by atoms with van der Waals surface area (Å²) in [6.45, 7) is 10.0. The van der Waals surface area contributed by atoms with Gasteiger partial charge in [-0.05, 0) is 50.5 Å². The molecule has 0 aliphatic carbocycles. The number of hydrogen-bond donors (Lipinski definition) is 1. The second-order valence-corrected chi connectivity index (χ2v) is 5.79. The highest BCUT2D eigenvalue weighted by atomic mass is 16.5. The standard InChI is InChI=1S/C16H33NO/c1-4-8-14(9-5-2)16(17-11-6-3)15-10-7-12-18-13-15/h14-17H,4-13H2,1-3H3. The van der Waals surface area contributed by atoms with E-state index in [0.717, 1.165) is 31.6 Å². The van der Waals surface area contributed by atoms with E-state index in [1.54, 1.807) is 0 Å². The monoisotopic (exact) mass is 255 g/mol. The third-order valence-electron chi connectivity index (χ3n) is 4.16. The van der Waals surface area contributed by atoms with Crippen molar-refractivity contribution in [2.24, 2.45) is 11.8 Å². The van der Waals surface area contributed by atoms with Crippen molar-refractivity contribution in [3.05, 3.63) is 0 Å². The Balaban J connectivity index is 2.59. The van der Waals surface area contributed by atoms with Crippen molar-refractivity contribution >= 4 is 0 Å². The zero-order valence-corrected chi connectivity index (χ0v) is 12.7. The molecule has 0 aromatic heterocycles. The summed E-state index contributed by atoms with van der Waals surface area (Å²) in [5, 5.41) is 3.83. The molecule has 18 heavy (non-hydrogen) atoms. The lowest BCUT2D eigenvalue weighted by Crippen LogP contribution is -2.45. The van der Waals surface area contributed by atoms with E-state index < -0.39 is 0 Å². The number of nitrogens with one attached hydrogen (secondary N) is 1. The molecule has 1 aliphatic heterocycles. The van der Waals surface area contributed by atoms with Gasteiger partial charge >= 0.3 is 0 Å². The molecule has 1 saturated heterocycles. The molecule has 0 amide bonds. The van der Waals surface area contributed by atoms with Crippen LogP contribution >= 0.6 is 0 Å². The maximum absolute atomic E-state index is 5.71. The highest BCUT2D eigenvalue weighted by Gasteiger charge is 2.29. The quantitative estimate of drug-likeness (QED) is 0.672. The van der Waals surface area contributed by atoms with Gasteiger partial charge in [-0.3, -0.25) is 0 Å². The molecule has 2 heteroatoms. The Morgan fingerprint density at radius 3 is 2.33 bits per heavy atom. The van der Waals surface area contributed by atoms with E-state index >= 15 is 0 Å². The second kappa shape index (κ2) is 9.80. The Bertz CT molecular complexity index is 184. The first-order valence-corrected chi connectivity index (χ1v) is 8.14. The molecule has 0 spiro atoms. The smallest absolute Gasteiger partial charge is 0.0509 e. The van der Waals surface area contributed by atoms with Crippen molar-refractivity contribution < 1.29 is 4.74 Å². The normalized spacial score (nSPS) is 22.3. The third-order valence-corrected chi connectivity index (χ3v) is 4.16. The summed E-state index contributed by atoms with van der Waals surface area (Å²) in [6, 6.07) is 0.685. The Morgan fingerprint density at radius 2 is 1.83 bits per heavy atom. The van der Waals surface area contributed by atoms with Gasteiger partial charge in [0.1, 0.15) is 0 Å². The van der Waals surface area contributed by atoms with Gasteiger partial charge in [-0.1, -0.05) is 33.6 Å². The first-order chi connectivity index (χ1) is 8.83. The van der Waals surface area contributed by atoms with Crippen LogP contribution in [-0.4, -0.2) is 25.8 Å². The number of ether oxygens (including phenoxy) is 1. The predicted octanol–water partition coefficient (Wildman–Crippen LogP) is 4.00. The minimum atomic E-state index is 0.685. The fraction of sp³-hybridized carbons (Fsp3) is 1.00. The van der Waals surface area contributed by atoms with Crippen LogP contribution in [0.2, 0.25) is 0 Å². The maximum atomic E-state index is 5.71. The highest BCUT2D eigenvalue weighted by Crippen LogP contribution is 2.28. The van der Waals surface area contributed by atoms with Crippen LogP contribution in [0.15, 0.2) is 0 Å². The van der Waals surface area contributed by atoms with E-state index in [4.69, 9.17) is 4.74 Å². The summed E-state index contributed by atoms with van der Waals surface area (Å²) < 4.78 is 5.71. The molecule has 1 aliphatic rings. The van der Waals surface area contributed by atoms with Crippen LogP contribution in [0.5, 0.6) is 0 Å². The lowest BCUT2D eigenvalue weighted by molar-refractivity contribution is 0.0265. The van der Waals surface area contributed by atoms with E-state index in [0.29, 0.717) is 6.04 Å². The average molecular weight is 255 g/mol. The van der Waals surface area contributed by atoms with Gasteiger partial charge in [-0.25, -0.2) is 0 Å². The van der Waals surface area contributed by atoms with Gasteiger partial charge in [0.15, 0.2) is 0 Å². The van der Waals surface area contributed by atoms with Crippen LogP contribution < -0.4 is 5.32 Å². The lowest BCUT2D eigenvalue weighted by Gasteiger charge is -2.36. The molecule has 0 saturated carbocycles. The van der Waals surface area contributed by atoms with E-state index in [2.05, 4.69) is 26.1 Å². The SMILES string of the molecule is CCCNC(C(CCC)CCC)C1CCCOC1. The molecule has 2 unspecified atom stereocenters. The number of hydrogen-bond acceptors (Lipinski definition) is 2. The van der Waals surface area contributed by atoms with E-state index in [1.807, 2.05) is 0 Å². The molecule has 0 aromatic carbocycles. The van der Waals surface area contributed by atoms with Crippen molar-refractivity contribution in [2.75, 3.05) is 19.8 Å². The maximum Gasteiger partial charge on any atom is 0.0509 e. The van der Waals surface area contributed by atoms with E-state index in [-0.39, 0.29) is 0 Å². The summed E-state index contributed by atoms with van der Waals surface area (Å²) in [4.78, 5) is 0. The fourth-order valence-electron chi connectivity index (χ4n) is 3.32. The molecular formula is C16H33NO. The Kier molecular flexibility index (Phi) is 8.70. The molecule has 0 radical (unpaired) electrons. The molecule has 2 nitrogen and oxygen atoms in total.